The van der Waals surface area contributed by atoms with E-state index in [1.165, 1.54) is 6.92 Å². The molecule has 0 saturated heterocycles. The van der Waals surface area contributed by atoms with Crippen LogP contribution in [0.15, 0.2) is 60.7 Å². The smallest absolute Gasteiger partial charge is 0.337 e. The summed E-state index contributed by atoms with van der Waals surface area (Å²) in [6.45, 7) is 0.115. The Morgan fingerprint density at radius 2 is 1.05 bits per heavy atom. The van der Waals surface area contributed by atoms with Gasteiger partial charge in [0.2, 0.25) is 0 Å². The van der Waals surface area contributed by atoms with Crippen molar-refractivity contribution in [2.45, 2.75) is 37.4 Å². The van der Waals surface area contributed by atoms with Crippen LogP contribution in [0.3, 0.4) is 0 Å². The third kappa shape index (κ3) is 25.8. The van der Waals surface area contributed by atoms with Crippen molar-refractivity contribution in [1.82, 2.24) is 0 Å². The van der Waals surface area contributed by atoms with Crippen molar-refractivity contribution in [3.8, 4) is 0 Å². The molecule has 2 aromatic rings. The fourth-order valence-electron chi connectivity index (χ4n) is 1.82. The summed E-state index contributed by atoms with van der Waals surface area (Å²) >= 11 is 5.04. The molecule has 226 valence electrons. The van der Waals surface area contributed by atoms with Gasteiger partial charge in [0.25, 0.3) is 0 Å². The first kappa shape index (κ1) is 41.3. The molecule has 39 heavy (non-hydrogen) atoms. The number of hydrogen-bond donors (Lipinski definition) is 10. The lowest BCUT2D eigenvalue weighted by atomic mass is 10.1. The Morgan fingerprint density at radius 1 is 0.692 bits per heavy atom. The van der Waals surface area contributed by atoms with E-state index in [1.807, 2.05) is 36.4 Å². The van der Waals surface area contributed by atoms with Gasteiger partial charge in [-0.15, -0.1) is 11.6 Å². The molecule has 13 heteroatoms. The molecule has 0 bridgehead atoms. The largest absolute Gasteiger partial charge is 0.467 e. The van der Waals surface area contributed by atoms with Crippen LogP contribution in [0.2, 0.25) is 0 Å². The van der Waals surface area contributed by atoms with E-state index in [2.05, 4.69) is 4.74 Å². The van der Waals surface area contributed by atoms with Crippen molar-refractivity contribution in [1.29, 1.82) is 0 Å². The molecule has 5 atom stereocenters. The molecular formula is C26H43ClO12. The molecule has 0 unspecified atom stereocenters. The van der Waals surface area contributed by atoms with Gasteiger partial charge in [-0.25, -0.2) is 4.79 Å². The molecule has 10 N–H and O–H groups in total. The second-order valence-corrected chi connectivity index (χ2v) is 7.77. The zero-order chi connectivity index (χ0) is 30.6. The monoisotopic (exact) mass is 582 g/mol. The summed E-state index contributed by atoms with van der Waals surface area (Å²) in [5.41, 5.74) is 1.51. The summed E-state index contributed by atoms with van der Waals surface area (Å²) in [5, 5.41) is 84.0. The molecule has 12 nitrogen and oxygen atoms in total. The lowest BCUT2D eigenvalue weighted by molar-refractivity contribution is -0.152. The quantitative estimate of drug-likeness (QED) is 0.125. The molecule has 0 radical (unpaired) electrons. The Kier molecular flexibility index (Phi) is 30.5. The van der Waals surface area contributed by atoms with Gasteiger partial charge >= 0.3 is 5.97 Å². The molecule has 0 saturated carbocycles. The zero-order valence-corrected chi connectivity index (χ0v) is 22.8. The number of aliphatic hydroxyl groups is 10. The molecule has 0 aliphatic heterocycles. The Hall–Kier alpha value is -2.20. The van der Waals surface area contributed by atoms with Crippen LogP contribution in [-0.2, 0) is 9.53 Å². The van der Waals surface area contributed by atoms with Gasteiger partial charge in [0, 0.05) is 0 Å². The zero-order valence-electron chi connectivity index (χ0n) is 22.1. The summed E-state index contributed by atoms with van der Waals surface area (Å²) in [6.07, 6.45) is -4.16. The fraction of sp³-hybridized carbons (Fsp3) is 0.500. The van der Waals surface area contributed by atoms with E-state index in [1.54, 1.807) is 24.3 Å². The van der Waals surface area contributed by atoms with Gasteiger partial charge in [-0.1, -0.05) is 60.7 Å². The van der Waals surface area contributed by atoms with E-state index in [-0.39, 0.29) is 32.3 Å². The topological polar surface area (TPSA) is 229 Å². The predicted molar refractivity (Wildman–Crippen MR) is 145 cm³/mol. The van der Waals surface area contributed by atoms with E-state index >= 15 is 0 Å². The van der Waals surface area contributed by atoms with Gasteiger partial charge in [0.05, 0.1) is 58.2 Å². The number of benzene rings is 2. The van der Waals surface area contributed by atoms with Crippen molar-refractivity contribution in [2.24, 2.45) is 0 Å². The van der Waals surface area contributed by atoms with Crippen molar-refractivity contribution in [3.05, 3.63) is 71.8 Å². The fourth-order valence-corrected chi connectivity index (χ4v) is 1.92. The number of methoxy groups -OCH3 is 1. The molecular weight excluding hydrogens is 540 g/mol. The molecule has 0 aromatic heterocycles. The van der Waals surface area contributed by atoms with E-state index in [0.717, 1.165) is 18.2 Å². The van der Waals surface area contributed by atoms with Crippen LogP contribution in [0.25, 0.3) is 0 Å². The molecule has 0 amide bonds. The molecule has 0 fully saturated rings. The minimum atomic E-state index is -1.39. The number of rotatable bonds is 9. The second-order valence-electron chi connectivity index (χ2n) is 7.46. The van der Waals surface area contributed by atoms with Gasteiger partial charge in [-0.05, 0) is 18.1 Å². The minimum absolute atomic E-state index is 0.108. The first-order chi connectivity index (χ1) is 18.5. The van der Waals surface area contributed by atoms with E-state index in [0.29, 0.717) is 0 Å². The van der Waals surface area contributed by atoms with Crippen molar-refractivity contribution in [3.63, 3.8) is 0 Å². The summed E-state index contributed by atoms with van der Waals surface area (Å²) < 4.78 is 4.05. The third-order valence-electron chi connectivity index (χ3n) is 4.01. The van der Waals surface area contributed by atoms with Gasteiger partial charge in [-0.2, -0.15) is 0 Å². The summed E-state index contributed by atoms with van der Waals surface area (Å²) in [5.74, 6) is -0.705. The predicted octanol–water partition coefficient (Wildman–Crippen LogP) is -1.12. The first-order valence-corrected chi connectivity index (χ1v) is 12.2. The van der Waals surface area contributed by atoms with Gasteiger partial charge < -0.3 is 55.8 Å². The first-order valence-electron chi connectivity index (χ1n) is 11.7. The number of carbonyl (C=O) groups excluding carboxylic acids is 1. The van der Waals surface area contributed by atoms with Crippen LogP contribution >= 0.6 is 11.6 Å². The number of hydrogen-bond acceptors (Lipinski definition) is 12. The standard InChI is InChI=1S/2C8H10O2.C4H8O4.C3H7ClO2.C3H8O2/c2*9-6-8(10)7-4-2-1-3-5-7;1-8-4(7)3(6)2-5;4-1-3(6)2-5;1-3(5)2-4/h2*1-5,8-10H,6H2;3,5-6H,2H2,1H3;3,5-6H,1-2H2;3-5H,2H2,1H3/t2*8-;3*3-/m10111/s1. The van der Waals surface area contributed by atoms with Crippen LogP contribution in [-0.4, -0.2) is 121 Å². The lowest BCUT2D eigenvalue weighted by Gasteiger charge is -2.05. The molecule has 2 aromatic carbocycles. The highest BCUT2D eigenvalue weighted by atomic mass is 35.5. The summed E-state index contributed by atoms with van der Waals surface area (Å²) in [4.78, 5) is 10.1. The molecule has 0 aliphatic rings. The maximum atomic E-state index is 10.1. The summed E-state index contributed by atoms with van der Waals surface area (Å²) in [7, 11) is 1.14. The Labute approximate surface area is 233 Å². The van der Waals surface area contributed by atoms with Crippen LogP contribution in [0.4, 0.5) is 0 Å². The number of ether oxygens (including phenoxy) is 1. The Morgan fingerprint density at radius 3 is 1.21 bits per heavy atom. The molecule has 2 rings (SSSR count). The highest BCUT2D eigenvalue weighted by Gasteiger charge is 2.12. The van der Waals surface area contributed by atoms with Gasteiger partial charge in [0.1, 0.15) is 12.2 Å². The maximum absolute atomic E-state index is 10.1. The average Bonchev–Trinajstić information content (AvgIpc) is 3.00. The highest BCUT2D eigenvalue weighted by molar-refractivity contribution is 6.18. The molecule has 0 heterocycles. The van der Waals surface area contributed by atoms with E-state index < -0.39 is 43.1 Å². The number of carbonyl (C=O) groups is 1. The number of halogens is 1. The lowest BCUT2D eigenvalue weighted by Crippen LogP contribution is -2.25. The Balaban J connectivity index is -0.000000426. The second kappa shape index (κ2) is 28.8. The third-order valence-corrected chi connectivity index (χ3v) is 4.37. The SMILES string of the molecule is COC(=O)[C@H](O)CO.C[C@@H](O)CO.OC[C@@H](O)c1ccccc1.OC[C@H](O)CCl.OC[C@H](O)c1ccccc1. The average molecular weight is 583 g/mol. The molecule has 0 aliphatic carbocycles. The van der Waals surface area contributed by atoms with E-state index in [9.17, 15) is 4.79 Å². The molecule has 0 spiro atoms. The normalized spacial score (nSPS) is 13.5. The van der Waals surface area contributed by atoms with Gasteiger partial charge in [0.15, 0.2) is 6.10 Å². The van der Waals surface area contributed by atoms with Crippen molar-refractivity contribution >= 4 is 17.6 Å². The van der Waals surface area contributed by atoms with Gasteiger partial charge in [-0.3, -0.25) is 0 Å². The van der Waals surface area contributed by atoms with E-state index in [4.69, 9.17) is 62.7 Å². The number of aliphatic hydroxyl groups excluding tert-OH is 10. The number of esters is 1. The minimum Gasteiger partial charge on any atom is -0.467 e. The number of alkyl halides is 1. The van der Waals surface area contributed by atoms with Crippen LogP contribution < -0.4 is 0 Å². The summed E-state index contributed by atoms with van der Waals surface area (Å²) in [6, 6.07) is 18.2. The van der Waals surface area contributed by atoms with Crippen molar-refractivity contribution < 1.29 is 60.6 Å². The Bertz CT molecular complexity index is 719. The van der Waals surface area contributed by atoms with Crippen LogP contribution in [0, 0.1) is 0 Å². The van der Waals surface area contributed by atoms with Crippen molar-refractivity contribution in [2.75, 3.05) is 46.0 Å². The maximum Gasteiger partial charge on any atom is 0.337 e. The van der Waals surface area contributed by atoms with Crippen LogP contribution in [0.1, 0.15) is 30.3 Å². The van der Waals surface area contributed by atoms with Crippen LogP contribution in [0.5, 0.6) is 0 Å². The highest BCUT2D eigenvalue weighted by Crippen LogP contribution is 2.10.